The molecule has 1 aromatic heterocycles. The lowest BCUT2D eigenvalue weighted by molar-refractivity contribution is 0.334. The molecule has 0 saturated heterocycles. The first-order chi connectivity index (χ1) is 7.86. The lowest BCUT2D eigenvalue weighted by Gasteiger charge is -2.21. The van der Waals surface area contributed by atoms with Crippen LogP contribution in [0.1, 0.15) is 49.7 Å². The Morgan fingerprint density at radius 3 is 2.75 bits per heavy atom. The summed E-state index contributed by atoms with van der Waals surface area (Å²) in [5.41, 5.74) is 0. The largest absolute Gasteiger partial charge is 0.339 e. The zero-order valence-electron chi connectivity index (χ0n) is 9.78. The second kappa shape index (κ2) is 4.17. The van der Waals surface area contributed by atoms with Crippen LogP contribution in [-0.2, 0) is 6.42 Å². The van der Waals surface area contributed by atoms with Crippen molar-refractivity contribution < 1.29 is 4.52 Å². The number of rotatable bonds is 5. The number of nitrogens with one attached hydrogen (secondary N) is 1. The molecule has 0 amide bonds. The molecule has 0 aliphatic heterocycles. The van der Waals surface area contributed by atoms with E-state index in [9.17, 15) is 0 Å². The molecule has 3 rings (SSSR count). The van der Waals surface area contributed by atoms with E-state index in [1.165, 1.54) is 32.1 Å². The number of nitrogens with zero attached hydrogens (tertiary/aromatic N) is 2. The molecule has 0 bridgehead atoms. The molecule has 4 nitrogen and oxygen atoms in total. The lowest BCUT2D eigenvalue weighted by Crippen LogP contribution is -2.29. The van der Waals surface area contributed by atoms with Crippen molar-refractivity contribution in [3.05, 3.63) is 11.7 Å². The normalized spacial score (nSPS) is 23.1. The molecule has 2 saturated carbocycles. The standard InChI is InChI=1S/C12H19N3O/c1-13-10(8-5-6-8)7-11-14-12(15-16-11)9-3-2-4-9/h8-10,13H,2-7H2,1H3. The van der Waals surface area contributed by atoms with Gasteiger partial charge in [0.25, 0.3) is 0 Å². The van der Waals surface area contributed by atoms with E-state index in [0.29, 0.717) is 12.0 Å². The van der Waals surface area contributed by atoms with Crippen molar-refractivity contribution in [3.8, 4) is 0 Å². The van der Waals surface area contributed by atoms with Crippen molar-refractivity contribution in [1.29, 1.82) is 0 Å². The van der Waals surface area contributed by atoms with Crippen LogP contribution >= 0.6 is 0 Å². The molecule has 2 aliphatic carbocycles. The molecule has 1 atom stereocenters. The maximum atomic E-state index is 5.33. The molecule has 0 radical (unpaired) electrons. The van der Waals surface area contributed by atoms with E-state index in [-0.39, 0.29) is 0 Å². The molecule has 1 unspecified atom stereocenters. The fourth-order valence-electron chi connectivity index (χ4n) is 2.37. The Morgan fingerprint density at radius 2 is 2.19 bits per heavy atom. The van der Waals surface area contributed by atoms with Gasteiger partial charge in [-0.2, -0.15) is 4.98 Å². The number of hydrogen-bond donors (Lipinski definition) is 1. The predicted octanol–water partition coefficient (Wildman–Crippen LogP) is 1.88. The molecule has 1 heterocycles. The van der Waals surface area contributed by atoms with Gasteiger partial charge in [-0.25, -0.2) is 0 Å². The van der Waals surface area contributed by atoms with Crippen molar-refractivity contribution in [2.45, 2.75) is 50.5 Å². The monoisotopic (exact) mass is 221 g/mol. The van der Waals surface area contributed by atoms with Gasteiger partial charge in [0.1, 0.15) is 0 Å². The maximum Gasteiger partial charge on any atom is 0.228 e. The van der Waals surface area contributed by atoms with Gasteiger partial charge in [0, 0.05) is 18.4 Å². The summed E-state index contributed by atoms with van der Waals surface area (Å²) in [6, 6.07) is 0.523. The minimum Gasteiger partial charge on any atom is -0.339 e. The Balaban J connectivity index is 1.62. The van der Waals surface area contributed by atoms with Crippen molar-refractivity contribution in [3.63, 3.8) is 0 Å². The Kier molecular flexibility index (Phi) is 2.67. The Labute approximate surface area is 95.8 Å². The number of aromatic nitrogens is 2. The second-order valence-electron chi connectivity index (χ2n) is 5.11. The van der Waals surface area contributed by atoms with E-state index < -0.39 is 0 Å². The van der Waals surface area contributed by atoms with Crippen LogP contribution in [-0.4, -0.2) is 23.2 Å². The van der Waals surface area contributed by atoms with Crippen LogP contribution in [0, 0.1) is 5.92 Å². The zero-order valence-corrected chi connectivity index (χ0v) is 9.78. The van der Waals surface area contributed by atoms with E-state index in [1.54, 1.807) is 0 Å². The second-order valence-corrected chi connectivity index (χ2v) is 5.11. The van der Waals surface area contributed by atoms with Crippen LogP contribution in [0.2, 0.25) is 0 Å². The van der Waals surface area contributed by atoms with Gasteiger partial charge in [-0.15, -0.1) is 0 Å². The van der Waals surface area contributed by atoms with E-state index in [2.05, 4.69) is 15.5 Å². The molecular formula is C12H19N3O. The quantitative estimate of drug-likeness (QED) is 0.824. The SMILES string of the molecule is CNC(Cc1nc(C2CCC2)no1)C1CC1. The summed E-state index contributed by atoms with van der Waals surface area (Å²) in [5.74, 6) is 3.15. The average Bonchev–Trinajstić information content (AvgIpc) is 2.95. The van der Waals surface area contributed by atoms with Crippen LogP contribution in [0.5, 0.6) is 0 Å². The highest BCUT2D eigenvalue weighted by molar-refractivity contribution is 5.01. The Hall–Kier alpha value is -0.900. The van der Waals surface area contributed by atoms with Crippen LogP contribution < -0.4 is 5.32 Å². The third-order valence-corrected chi connectivity index (χ3v) is 3.91. The first-order valence-electron chi connectivity index (χ1n) is 6.36. The molecule has 0 spiro atoms. The Bertz CT molecular complexity index is 355. The van der Waals surface area contributed by atoms with Crippen molar-refractivity contribution >= 4 is 0 Å². The first kappa shape index (κ1) is 10.3. The summed E-state index contributed by atoms with van der Waals surface area (Å²) >= 11 is 0. The third-order valence-electron chi connectivity index (χ3n) is 3.91. The molecule has 2 aliphatic rings. The van der Waals surface area contributed by atoms with Crippen molar-refractivity contribution in [1.82, 2.24) is 15.5 Å². The smallest absolute Gasteiger partial charge is 0.228 e. The van der Waals surface area contributed by atoms with Crippen LogP contribution in [0.15, 0.2) is 4.52 Å². The highest BCUT2D eigenvalue weighted by Crippen LogP contribution is 2.36. The summed E-state index contributed by atoms with van der Waals surface area (Å²) in [5, 5.41) is 7.44. The summed E-state index contributed by atoms with van der Waals surface area (Å²) in [6.45, 7) is 0. The van der Waals surface area contributed by atoms with Crippen molar-refractivity contribution in [2.24, 2.45) is 5.92 Å². The van der Waals surface area contributed by atoms with Gasteiger partial charge in [-0.1, -0.05) is 11.6 Å². The molecule has 16 heavy (non-hydrogen) atoms. The zero-order chi connectivity index (χ0) is 11.0. The third kappa shape index (κ3) is 1.98. The van der Waals surface area contributed by atoms with E-state index >= 15 is 0 Å². The molecule has 0 aromatic carbocycles. The fraction of sp³-hybridized carbons (Fsp3) is 0.833. The van der Waals surface area contributed by atoms with E-state index in [0.717, 1.165) is 24.1 Å². The molecule has 1 N–H and O–H groups in total. The highest BCUT2D eigenvalue weighted by atomic mass is 16.5. The summed E-state index contributed by atoms with van der Waals surface area (Å²) in [7, 11) is 2.02. The number of likely N-dealkylation sites (N-methyl/N-ethyl adjacent to an activating group) is 1. The van der Waals surface area contributed by atoms with Crippen molar-refractivity contribution in [2.75, 3.05) is 7.05 Å². The van der Waals surface area contributed by atoms with Gasteiger partial charge in [-0.05, 0) is 38.6 Å². The van der Waals surface area contributed by atoms with E-state index in [4.69, 9.17) is 4.52 Å². The molecule has 4 heteroatoms. The van der Waals surface area contributed by atoms with Crippen LogP contribution in [0.25, 0.3) is 0 Å². The topological polar surface area (TPSA) is 51.0 Å². The highest BCUT2D eigenvalue weighted by Gasteiger charge is 2.32. The predicted molar refractivity (Wildman–Crippen MR) is 60.2 cm³/mol. The fourth-order valence-corrected chi connectivity index (χ4v) is 2.37. The van der Waals surface area contributed by atoms with Crippen LogP contribution in [0.3, 0.4) is 0 Å². The average molecular weight is 221 g/mol. The molecular weight excluding hydrogens is 202 g/mol. The van der Waals surface area contributed by atoms with Crippen LogP contribution in [0.4, 0.5) is 0 Å². The summed E-state index contributed by atoms with van der Waals surface area (Å²) in [4.78, 5) is 4.51. The van der Waals surface area contributed by atoms with Gasteiger partial charge in [0.2, 0.25) is 5.89 Å². The first-order valence-corrected chi connectivity index (χ1v) is 6.36. The van der Waals surface area contributed by atoms with Gasteiger partial charge >= 0.3 is 0 Å². The van der Waals surface area contributed by atoms with E-state index in [1.807, 2.05) is 7.05 Å². The minimum atomic E-state index is 0.523. The summed E-state index contributed by atoms with van der Waals surface area (Å²) < 4.78 is 5.33. The van der Waals surface area contributed by atoms with Gasteiger partial charge < -0.3 is 9.84 Å². The molecule has 2 fully saturated rings. The van der Waals surface area contributed by atoms with Gasteiger partial charge in [-0.3, -0.25) is 0 Å². The molecule has 1 aromatic rings. The maximum absolute atomic E-state index is 5.33. The molecule has 88 valence electrons. The Morgan fingerprint density at radius 1 is 1.38 bits per heavy atom. The van der Waals surface area contributed by atoms with Gasteiger partial charge in [0.05, 0.1) is 0 Å². The minimum absolute atomic E-state index is 0.523. The van der Waals surface area contributed by atoms with Gasteiger partial charge in [0.15, 0.2) is 5.82 Å². The lowest BCUT2D eigenvalue weighted by atomic mass is 9.85. The number of hydrogen-bond acceptors (Lipinski definition) is 4. The summed E-state index contributed by atoms with van der Waals surface area (Å²) in [6.07, 6.45) is 7.36.